The maximum absolute atomic E-state index is 13.8. The number of Topliss-reactive ketones (excluding diaryl/α,β-unsaturated/α-hetero) is 1. The number of carbonyl (C=O) groups excluding carboxylic acids is 1. The Morgan fingerprint density at radius 3 is 2.46 bits per heavy atom. The number of ketones is 1. The van der Waals surface area contributed by atoms with Gasteiger partial charge in [-0.25, -0.2) is 4.98 Å². The van der Waals surface area contributed by atoms with E-state index < -0.39 is 10.8 Å². The van der Waals surface area contributed by atoms with Gasteiger partial charge in [0.25, 0.3) is 0 Å². The molecule has 0 N–H and O–H groups in total. The van der Waals surface area contributed by atoms with Crippen LogP contribution in [0.15, 0.2) is 89.7 Å². The molecule has 0 spiro atoms. The van der Waals surface area contributed by atoms with Crippen molar-refractivity contribution in [2.24, 2.45) is 5.92 Å². The quantitative estimate of drug-likeness (QED) is 0.0969. The van der Waals surface area contributed by atoms with Crippen molar-refractivity contribution in [2.75, 3.05) is 37.8 Å². The van der Waals surface area contributed by atoms with Gasteiger partial charge in [-0.05, 0) is 102 Å². The number of carbonyl (C=O) groups is 1. The van der Waals surface area contributed by atoms with Crippen molar-refractivity contribution in [2.45, 2.75) is 83.4 Å². The van der Waals surface area contributed by atoms with E-state index in [4.69, 9.17) is 9.47 Å². The molecule has 0 fully saturated rings. The molecule has 4 aromatic rings. The van der Waals surface area contributed by atoms with Crippen molar-refractivity contribution in [3.8, 4) is 16.9 Å². The van der Waals surface area contributed by atoms with Gasteiger partial charge in [0.2, 0.25) is 0 Å². The number of hydrogen-bond donors (Lipinski definition) is 0. The Labute approximate surface area is 301 Å². The number of rotatable bonds is 18. The first-order chi connectivity index (χ1) is 24.3. The Morgan fingerprint density at radius 1 is 0.940 bits per heavy atom. The fourth-order valence-electron chi connectivity index (χ4n) is 6.33. The lowest BCUT2D eigenvalue weighted by Crippen LogP contribution is -2.30. The molecule has 3 aromatic carbocycles. The lowest BCUT2D eigenvalue weighted by atomic mass is 9.93. The Balaban J connectivity index is 1.30. The Hall–Kier alpha value is -4.01. The van der Waals surface area contributed by atoms with Crippen molar-refractivity contribution >= 4 is 28.3 Å². The van der Waals surface area contributed by atoms with E-state index in [-0.39, 0.29) is 5.78 Å². The Bertz CT molecular complexity index is 1730. The van der Waals surface area contributed by atoms with Crippen LogP contribution in [0.5, 0.6) is 5.75 Å². The molecule has 1 aromatic heterocycles. The van der Waals surface area contributed by atoms with Gasteiger partial charge in [-0.2, -0.15) is 0 Å². The summed E-state index contributed by atoms with van der Waals surface area (Å²) >= 11 is 0. The van der Waals surface area contributed by atoms with Gasteiger partial charge >= 0.3 is 0 Å². The summed E-state index contributed by atoms with van der Waals surface area (Å²) in [6.07, 6.45) is 10.9. The second-order valence-corrected chi connectivity index (χ2v) is 15.0. The maximum atomic E-state index is 13.8. The topological polar surface area (TPSA) is 73.7 Å². The normalized spacial score (nSPS) is 14.8. The van der Waals surface area contributed by atoms with Gasteiger partial charge in [-0.1, -0.05) is 64.4 Å². The minimum Gasteiger partial charge on any atom is -0.491 e. The first-order valence-corrected chi connectivity index (χ1v) is 19.6. The van der Waals surface area contributed by atoms with E-state index in [0.29, 0.717) is 31.3 Å². The van der Waals surface area contributed by atoms with Crippen LogP contribution in [0.1, 0.15) is 76.6 Å². The second-order valence-electron chi connectivity index (χ2n) is 13.5. The molecule has 0 aliphatic carbocycles. The van der Waals surface area contributed by atoms with Crippen LogP contribution in [0.25, 0.3) is 17.2 Å². The summed E-state index contributed by atoms with van der Waals surface area (Å²) in [6, 6.07) is 22.5. The highest BCUT2D eigenvalue weighted by Gasteiger charge is 2.20. The van der Waals surface area contributed by atoms with Crippen molar-refractivity contribution in [1.82, 2.24) is 9.55 Å². The van der Waals surface area contributed by atoms with Crippen LogP contribution in [0, 0.1) is 5.92 Å². The SMILES string of the molecule is CCCCOCCOc1ccc(-c2ccc3c(c2)/C=C(/C(=O)Cc2ccc(S(=O)Cc4cncn4CCC)cc2)CCCN3CC(C)C)cc1. The number of aromatic nitrogens is 2. The number of aryl methyl sites for hydroxylation is 1. The number of unbranched alkanes of at least 4 members (excludes halogenated alkanes) is 1. The zero-order valence-corrected chi connectivity index (χ0v) is 31.1. The smallest absolute Gasteiger partial charge is 0.163 e. The van der Waals surface area contributed by atoms with Crippen LogP contribution in [-0.4, -0.2) is 52.5 Å². The molecule has 7 nitrogen and oxygen atoms in total. The Kier molecular flexibility index (Phi) is 14.0. The standard InChI is InChI=1S/C42H53N3O4S/c1-5-7-22-48-23-24-49-39-15-12-34(13-16-39)35-14-19-41-37(26-35)27-36(9-8-21-44(41)29-32(3)4)42(46)25-33-10-17-40(18-11-33)50(47)30-38-28-43-31-45(38)20-6-2/h10-19,26-28,31-32H,5-9,20-25,29-30H2,1-4H3/b36-27+. The fraction of sp³-hybridized carbons (Fsp3) is 0.429. The number of anilines is 1. The summed E-state index contributed by atoms with van der Waals surface area (Å²) in [5, 5.41) is 0. The third-order valence-corrected chi connectivity index (χ3v) is 10.3. The molecule has 5 rings (SSSR count). The number of fused-ring (bicyclic) bond motifs is 1. The van der Waals surface area contributed by atoms with Crippen LogP contribution in [0.4, 0.5) is 5.69 Å². The average molecular weight is 696 g/mol. The summed E-state index contributed by atoms with van der Waals surface area (Å²) in [5.74, 6) is 1.91. The second kappa shape index (κ2) is 18.8. The molecule has 1 unspecified atom stereocenters. The van der Waals surface area contributed by atoms with E-state index in [1.165, 1.54) is 5.69 Å². The van der Waals surface area contributed by atoms with Crippen LogP contribution in [0.3, 0.4) is 0 Å². The van der Waals surface area contributed by atoms with Crippen LogP contribution >= 0.6 is 0 Å². The Morgan fingerprint density at radius 2 is 1.72 bits per heavy atom. The highest BCUT2D eigenvalue weighted by molar-refractivity contribution is 7.84. The third-order valence-electron chi connectivity index (χ3n) is 8.94. The lowest BCUT2D eigenvalue weighted by Gasteiger charge is -2.30. The first kappa shape index (κ1) is 37.3. The zero-order chi connectivity index (χ0) is 35.3. The number of allylic oxidation sites excluding steroid dienone is 1. The zero-order valence-electron chi connectivity index (χ0n) is 30.2. The monoisotopic (exact) mass is 695 g/mol. The van der Waals surface area contributed by atoms with E-state index in [2.05, 4.69) is 78.6 Å². The maximum Gasteiger partial charge on any atom is 0.163 e. The molecule has 8 heteroatoms. The van der Waals surface area contributed by atoms with Crippen molar-refractivity contribution in [1.29, 1.82) is 0 Å². The molecule has 0 radical (unpaired) electrons. The van der Waals surface area contributed by atoms with Crippen molar-refractivity contribution in [3.63, 3.8) is 0 Å². The van der Waals surface area contributed by atoms with Gasteiger partial charge in [0.1, 0.15) is 12.4 Å². The molecule has 1 aliphatic rings. The molecule has 1 atom stereocenters. The highest BCUT2D eigenvalue weighted by Crippen LogP contribution is 2.33. The summed E-state index contributed by atoms with van der Waals surface area (Å²) in [7, 11) is -1.19. The van der Waals surface area contributed by atoms with Gasteiger partial charge in [-0.3, -0.25) is 9.00 Å². The molecule has 0 saturated heterocycles. The first-order valence-electron chi connectivity index (χ1n) is 18.2. The third kappa shape index (κ3) is 10.5. The minimum atomic E-state index is -1.19. The number of benzene rings is 3. The molecular weight excluding hydrogens is 643 g/mol. The van der Waals surface area contributed by atoms with Crippen LogP contribution in [-0.2, 0) is 39.0 Å². The van der Waals surface area contributed by atoms with E-state index in [0.717, 1.165) is 103 Å². The van der Waals surface area contributed by atoms with Gasteiger partial charge in [0.15, 0.2) is 5.78 Å². The van der Waals surface area contributed by atoms with E-state index in [9.17, 15) is 9.00 Å². The van der Waals surface area contributed by atoms with E-state index >= 15 is 0 Å². The van der Waals surface area contributed by atoms with Gasteiger partial charge in [0, 0.05) is 49.4 Å². The highest BCUT2D eigenvalue weighted by atomic mass is 32.2. The van der Waals surface area contributed by atoms with Gasteiger partial charge in [-0.15, -0.1) is 0 Å². The molecule has 266 valence electrons. The van der Waals surface area contributed by atoms with Crippen molar-refractivity contribution < 1.29 is 18.5 Å². The predicted octanol–water partition coefficient (Wildman–Crippen LogP) is 8.91. The van der Waals surface area contributed by atoms with Crippen molar-refractivity contribution in [3.05, 3.63) is 102 Å². The molecule has 1 aliphatic heterocycles. The minimum absolute atomic E-state index is 0.135. The van der Waals surface area contributed by atoms with Crippen LogP contribution in [0.2, 0.25) is 0 Å². The largest absolute Gasteiger partial charge is 0.491 e. The summed E-state index contributed by atoms with van der Waals surface area (Å²) in [4.78, 5) is 21.3. The summed E-state index contributed by atoms with van der Waals surface area (Å²) < 4.78 is 26.7. The summed E-state index contributed by atoms with van der Waals surface area (Å²) in [6.45, 7) is 13.4. The fourth-order valence-corrected chi connectivity index (χ4v) is 7.44. The lowest BCUT2D eigenvalue weighted by molar-refractivity contribution is -0.115. The van der Waals surface area contributed by atoms with E-state index in [1.807, 2.05) is 36.4 Å². The number of ether oxygens (including phenoxy) is 2. The summed E-state index contributed by atoms with van der Waals surface area (Å²) in [5.41, 5.74) is 7.21. The molecule has 0 amide bonds. The van der Waals surface area contributed by atoms with Gasteiger partial charge < -0.3 is 18.9 Å². The van der Waals surface area contributed by atoms with Crippen LogP contribution < -0.4 is 9.64 Å². The van der Waals surface area contributed by atoms with E-state index in [1.54, 1.807) is 12.5 Å². The number of imidazole rings is 1. The van der Waals surface area contributed by atoms with Gasteiger partial charge in [0.05, 0.1) is 35.2 Å². The molecule has 50 heavy (non-hydrogen) atoms. The molecule has 0 bridgehead atoms. The number of hydrogen-bond acceptors (Lipinski definition) is 6. The predicted molar refractivity (Wildman–Crippen MR) is 205 cm³/mol. The average Bonchev–Trinajstić information content (AvgIpc) is 3.54. The molecular formula is C42H53N3O4S. The molecule has 0 saturated carbocycles. The number of nitrogens with zero attached hydrogens (tertiary/aromatic N) is 3. The molecule has 2 heterocycles.